The molecular formula is C21H22Cl2FN5O. The second-order valence-corrected chi connectivity index (χ2v) is 7.84. The molecule has 3 N–H and O–H groups in total. The molecule has 0 saturated carbocycles. The highest BCUT2D eigenvalue weighted by Gasteiger charge is 2.21. The van der Waals surface area contributed by atoms with Crippen LogP contribution in [0.3, 0.4) is 0 Å². The Morgan fingerprint density at radius 3 is 2.87 bits per heavy atom. The van der Waals surface area contributed by atoms with Crippen molar-refractivity contribution in [2.24, 2.45) is 0 Å². The zero-order chi connectivity index (χ0) is 23.8. The Kier molecular flexibility index (Phi) is 5.08. The van der Waals surface area contributed by atoms with Crippen LogP contribution in [-0.2, 0) is 0 Å². The maximum atomic E-state index is 14.1. The van der Waals surface area contributed by atoms with E-state index < -0.39 is 23.8 Å². The van der Waals surface area contributed by atoms with E-state index in [9.17, 15) is 4.39 Å². The fourth-order valence-electron chi connectivity index (χ4n) is 3.43. The summed E-state index contributed by atoms with van der Waals surface area (Å²) in [5.41, 5.74) is 7.21. The van der Waals surface area contributed by atoms with E-state index in [1.807, 2.05) is 10.9 Å². The third-order valence-electron chi connectivity index (χ3n) is 5.09. The van der Waals surface area contributed by atoms with Gasteiger partial charge in [-0.25, -0.2) is 9.37 Å². The summed E-state index contributed by atoms with van der Waals surface area (Å²) in [7, 11) is 0. The lowest BCUT2D eigenvalue weighted by Crippen LogP contribution is -2.29. The summed E-state index contributed by atoms with van der Waals surface area (Å²) < 4.78 is 45.6. The Balaban J connectivity index is 1.67. The van der Waals surface area contributed by atoms with Crippen LogP contribution in [0, 0.1) is 5.82 Å². The van der Waals surface area contributed by atoms with Crippen LogP contribution in [0.1, 0.15) is 41.5 Å². The quantitative estimate of drug-likeness (QED) is 0.530. The van der Waals surface area contributed by atoms with Gasteiger partial charge in [-0.2, -0.15) is 5.10 Å². The maximum Gasteiger partial charge on any atom is 0.166 e. The van der Waals surface area contributed by atoms with Crippen LogP contribution in [0.5, 0.6) is 5.75 Å². The number of nitrogens with two attached hydrogens (primary N) is 1. The van der Waals surface area contributed by atoms with Crippen LogP contribution in [0.4, 0.5) is 10.2 Å². The molecule has 1 saturated heterocycles. The van der Waals surface area contributed by atoms with E-state index in [-0.39, 0.29) is 22.2 Å². The third kappa shape index (κ3) is 4.24. The molecule has 1 aromatic carbocycles. The van der Waals surface area contributed by atoms with Gasteiger partial charge in [-0.1, -0.05) is 23.2 Å². The number of pyridine rings is 1. The zero-order valence-electron chi connectivity index (χ0n) is 18.9. The Morgan fingerprint density at radius 2 is 2.10 bits per heavy atom. The van der Waals surface area contributed by atoms with Crippen LogP contribution < -0.4 is 15.8 Å². The fraction of sp³-hybridized carbons (Fsp3) is 0.333. The summed E-state index contributed by atoms with van der Waals surface area (Å²) in [5, 5.41) is 7.34. The SMILES string of the molecule is [2H]C([2H])([2H])[C@@H](Oc1cc(-c2cnn(C3CCNCC3)c2)cnc1N)c1c(Cl)ccc(F)c1Cl. The normalized spacial score (nSPS) is 17.8. The summed E-state index contributed by atoms with van der Waals surface area (Å²) >= 11 is 12.2. The number of halogens is 3. The van der Waals surface area contributed by atoms with Crippen LogP contribution >= 0.6 is 23.2 Å². The second-order valence-electron chi connectivity index (χ2n) is 7.05. The maximum absolute atomic E-state index is 14.1. The van der Waals surface area contributed by atoms with Crippen LogP contribution in [0.25, 0.3) is 11.1 Å². The molecule has 1 atom stereocenters. The van der Waals surface area contributed by atoms with E-state index in [0.717, 1.165) is 37.6 Å². The number of hydrogen-bond acceptors (Lipinski definition) is 5. The molecule has 0 aliphatic carbocycles. The Morgan fingerprint density at radius 1 is 1.30 bits per heavy atom. The standard InChI is InChI=1S/C21H22Cl2FN5O/c1-12(19-16(22)2-3-17(24)20(19)23)30-18-8-13(9-27-21(18)25)14-10-28-29(11-14)15-4-6-26-7-5-15/h2-3,8-12,15,26H,4-7H2,1H3,(H2,25,27)/t12-/m1/s1/i1D3. The second kappa shape index (κ2) is 8.79. The molecule has 0 amide bonds. The highest BCUT2D eigenvalue weighted by Crippen LogP contribution is 2.37. The molecule has 4 rings (SSSR count). The van der Waals surface area contributed by atoms with Crippen molar-refractivity contribution in [3.8, 4) is 16.9 Å². The molecule has 3 heterocycles. The molecule has 0 bridgehead atoms. The molecule has 1 fully saturated rings. The lowest BCUT2D eigenvalue weighted by atomic mass is 10.1. The predicted molar refractivity (Wildman–Crippen MR) is 116 cm³/mol. The molecule has 6 nitrogen and oxygen atoms in total. The smallest absolute Gasteiger partial charge is 0.166 e. The first kappa shape index (κ1) is 17.3. The van der Waals surface area contributed by atoms with Crippen LogP contribution in [0.15, 0.2) is 36.8 Å². The number of anilines is 1. The van der Waals surface area contributed by atoms with Crippen LogP contribution in [0.2, 0.25) is 10.0 Å². The summed E-state index contributed by atoms with van der Waals surface area (Å²) in [4.78, 5) is 4.15. The van der Waals surface area contributed by atoms with Crippen molar-refractivity contribution in [2.75, 3.05) is 18.8 Å². The molecule has 30 heavy (non-hydrogen) atoms. The highest BCUT2D eigenvalue weighted by molar-refractivity contribution is 6.36. The number of piperidine rings is 1. The number of benzene rings is 1. The van der Waals surface area contributed by atoms with Gasteiger partial charge in [0.25, 0.3) is 0 Å². The number of nitrogens with zero attached hydrogens (tertiary/aromatic N) is 3. The molecule has 1 aliphatic heterocycles. The van der Waals surface area contributed by atoms with Gasteiger partial charge in [-0.05, 0) is 51.0 Å². The molecule has 9 heteroatoms. The average Bonchev–Trinajstić information content (AvgIpc) is 3.27. The van der Waals surface area contributed by atoms with Gasteiger partial charge in [0, 0.05) is 38.2 Å². The number of nitrogens with one attached hydrogen (secondary N) is 1. The summed E-state index contributed by atoms with van der Waals surface area (Å²) in [6, 6.07) is 4.16. The molecule has 1 aliphatic rings. The third-order valence-corrected chi connectivity index (χ3v) is 5.80. The number of nitrogen functional groups attached to an aromatic ring is 1. The number of aromatic nitrogens is 3. The van der Waals surface area contributed by atoms with Gasteiger partial charge in [-0.3, -0.25) is 4.68 Å². The van der Waals surface area contributed by atoms with E-state index in [2.05, 4.69) is 15.4 Å². The van der Waals surface area contributed by atoms with Gasteiger partial charge in [0.05, 0.1) is 17.3 Å². The highest BCUT2D eigenvalue weighted by atomic mass is 35.5. The van der Waals surface area contributed by atoms with Gasteiger partial charge >= 0.3 is 0 Å². The average molecular weight is 453 g/mol. The zero-order valence-corrected chi connectivity index (χ0v) is 17.4. The van der Waals surface area contributed by atoms with E-state index in [0.29, 0.717) is 11.6 Å². The Bertz CT molecular complexity index is 1150. The van der Waals surface area contributed by atoms with Crippen molar-refractivity contribution in [1.82, 2.24) is 20.1 Å². The van der Waals surface area contributed by atoms with Gasteiger partial charge < -0.3 is 15.8 Å². The molecule has 2 aromatic heterocycles. The van der Waals surface area contributed by atoms with E-state index in [1.54, 1.807) is 18.5 Å². The summed E-state index contributed by atoms with van der Waals surface area (Å²) in [5.74, 6) is -0.818. The van der Waals surface area contributed by atoms with Crippen LogP contribution in [-0.4, -0.2) is 27.9 Å². The lowest BCUT2D eigenvalue weighted by molar-refractivity contribution is 0.227. The molecule has 3 aromatic rings. The molecular weight excluding hydrogens is 428 g/mol. The van der Waals surface area contributed by atoms with Gasteiger partial charge in [0.15, 0.2) is 11.6 Å². The van der Waals surface area contributed by atoms with Gasteiger partial charge in [0.1, 0.15) is 11.9 Å². The van der Waals surface area contributed by atoms with Crippen molar-refractivity contribution < 1.29 is 13.2 Å². The van der Waals surface area contributed by atoms with E-state index in [4.69, 9.17) is 37.8 Å². The first-order valence-corrected chi connectivity index (χ1v) is 10.2. The van der Waals surface area contributed by atoms with Crippen molar-refractivity contribution in [3.63, 3.8) is 0 Å². The molecule has 0 spiro atoms. The first-order chi connectivity index (χ1) is 15.6. The lowest BCUT2D eigenvalue weighted by Gasteiger charge is -2.22. The minimum atomic E-state index is -2.72. The topological polar surface area (TPSA) is 78.0 Å². The minimum Gasteiger partial charge on any atom is -0.482 e. The predicted octanol–water partition coefficient (Wildman–Crippen LogP) is 5.04. The molecule has 0 unspecified atom stereocenters. The molecule has 158 valence electrons. The minimum absolute atomic E-state index is 0.0136. The van der Waals surface area contributed by atoms with E-state index in [1.165, 1.54) is 6.07 Å². The van der Waals surface area contributed by atoms with Crippen molar-refractivity contribution in [2.45, 2.75) is 31.8 Å². The number of rotatable bonds is 5. The first-order valence-electron chi connectivity index (χ1n) is 11.0. The summed E-state index contributed by atoms with van der Waals surface area (Å²) in [6.45, 7) is -0.852. The monoisotopic (exact) mass is 452 g/mol. The fourth-order valence-corrected chi connectivity index (χ4v) is 4.00. The number of hydrogen-bond donors (Lipinski definition) is 2. The van der Waals surface area contributed by atoms with Crippen molar-refractivity contribution >= 4 is 29.0 Å². The van der Waals surface area contributed by atoms with Crippen molar-refractivity contribution in [3.05, 3.63) is 58.2 Å². The molecule has 0 radical (unpaired) electrons. The van der Waals surface area contributed by atoms with Crippen molar-refractivity contribution in [1.29, 1.82) is 0 Å². The summed E-state index contributed by atoms with van der Waals surface area (Å²) in [6.07, 6.45) is 5.47. The van der Waals surface area contributed by atoms with E-state index >= 15 is 0 Å². The Labute approximate surface area is 188 Å². The van der Waals surface area contributed by atoms with Gasteiger partial charge in [-0.15, -0.1) is 0 Å². The number of ether oxygens (including phenoxy) is 1. The Hall–Kier alpha value is -2.35. The van der Waals surface area contributed by atoms with Gasteiger partial charge in [0.2, 0.25) is 0 Å². The largest absolute Gasteiger partial charge is 0.482 e.